The van der Waals surface area contributed by atoms with Crippen LogP contribution < -0.4 is 0 Å². The minimum Gasteiger partial charge on any atom is -0.301 e. The van der Waals surface area contributed by atoms with Crippen molar-refractivity contribution in [2.75, 3.05) is 19.3 Å². The van der Waals surface area contributed by atoms with Crippen LogP contribution >= 0.6 is 23.4 Å². The molecule has 1 aliphatic rings. The van der Waals surface area contributed by atoms with Gasteiger partial charge in [-0.25, -0.2) is 0 Å². The predicted molar refractivity (Wildman–Crippen MR) is 58.5 cm³/mol. The SMILES string of the molecule is CN1CCSc2cccc(Cl)c2C1. The quantitative estimate of drug-likeness (QED) is 0.652. The molecule has 70 valence electrons. The number of hydrogen-bond donors (Lipinski definition) is 0. The Bertz CT molecular complexity index is 314. The third-order valence-electron chi connectivity index (χ3n) is 2.23. The second kappa shape index (κ2) is 3.91. The summed E-state index contributed by atoms with van der Waals surface area (Å²) in [5.41, 5.74) is 1.29. The van der Waals surface area contributed by atoms with Crippen LogP contribution in [0.15, 0.2) is 23.1 Å². The first-order valence-corrected chi connectivity index (χ1v) is 5.72. The predicted octanol–water partition coefficient (Wildman–Crippen LogP) is 2.88. The molecule has 0 saturated carbocycles. The third-order valence-corrected chi connectivity index (χ3v) is 3.67. The van der Waals surface area contributed by atoms with Crippen molar-refractivity contribution in [1.29, 1.82) is 0 Å². The maximum atomic E-state index is 6.14. The van der Waals surface area contributed by atoms with Crippen LogP contribution in [0, 0.1) is 0 Å². The molecule has 3 heteroatoms. The van der Waals surface area contributed by atoms with Crippen molar-refractivity contribution in [1.82, 2.24) is 4.90 Å². The Morgan fingerprint density at radius 1 is 1.46 bits per heavy atom. The number of halogens is 1. The van der Waals surface area contributed by atoms with Crippen LogP contribution in [-0.2, 0) is 6.54 Å². The summed E-state index contributed by atoms with van der Waals surface area (Å²) in [6, 6.07) is 6.16. The molecule has 0 N–H and O–H groups in total. The van der Waals surface area contributed by atoms with Crippen LogP contribution in [0.4, 0.5) is 0 Å². The summed E-state index contributed by atoms with van der Waals surface area (Å²) in [6.45, 7) is 2.11. The molecule has 0 unspecified atom stereocenters. The molecule has 1 aliphatic heterocycles. The third kappa shape index (κ3) is 2.01. The summed E-state index contributed by atoms with van der Waals surface area (Å²) in [5.74, 6) is 1.16. The van der Waals surface area contributed by atoms with E-state index in [9.17, 15) is 0 Å². The lowest BCUT2D eigenvalue weighted by Crippen LogP contribution is -2.18. The average Bonchev–Trinajstić information content (AvgIpc) is 2.28. The second-order valence-corrected chi connectivity index (χ2v) is 4.85. The second-order valence-electron chi connectivity index (χ2n) is 3.30. The lowest BCUT2D eigenvalue weighted by molar-refractivity contribution is 0.349. The maximum absolute atomic E-state index is 6.14. The molecule has 0 fully saturated rings. The Kier molecular flexibility index (Phi) is 2.82. The molecule has 0 aliphatic carbocycles. The van der Waals surface area contributed by atoms with E-state index in [1.54, 1.807) is 0 Å². The highest BCUT2D eigenvalue weighted by Gasteiger charge is 2.13. The fourth-order valence-electron chi connectivity index (χ4n) is 1.49. The van der Waals surface area contributed by atoms with Crippen molar-refractivity contribution in [2.45, 2.75) is 11.4 Å². The molecular formula is C10H12ClNS. The van der Waals surface area contributed by atoms with E-state index in [1.807, 2.05) is 23.9 Å². The van der Waals surface area contributed by atoms with Gasteiger partial charge in [0.2, 0.25) is 0 Å². The maximum Gasteiger partial charge on any atom is 0.0462 e. The van der Waals surface area contributed by atoms with Crippen LogP contribution in [0.25, 0.3) is 0 Å². The van der Waals surface area contributed by atoms with E-state index in [4.69, 9.17) is 11.6 Å². The fraction of sp³-hybridized carbons (Fsp3) is 0.400. The number of rotatable bonds is 0. The Morgan fingerprint density at radius 2 is 2.31 bits per heavy atom. The first-order chi connectivity index (χ1) is 6.27. The van der Waals surface area contributed by atoms with Crippen molar-refractivity contribution in [2.24, 2.45) is 0 Å². The van der Waals surface area contributed by atoms with Crippen LogP contribution in [0.1, 0.15) is 5.56 Å². The van der Waals surface area contributed by atoms with Crippen LogP contribution in [-0.4, -0.2) is 24.2 Å². The minimum atomic E-state index is 0.902. The van der Waals surface area contributed by atoms with Gasteiger partial charge >= 0.3 is 0 Å². The van der Waals surface area contributed by atoms with E-state index in [2.05, 4.69) is 18.0 Å². The van der Waals surface area contributed by atoms with Crippen molar-refractivity contribution in [3.8, 4) is 0 Å². The number of nitrogens with zero attached hydrogens (tertiary/aromatic N) is 1. The van der Waals surface area contributed by atoms with Gasteiger partial charge in [-0.3, -0.25) is 0 Å². The molecular weight excluding hydrogens is 202 g/mol. The monoisotopic (exact) mass is 213 g/mol. The first-order valence-electron chi connectivity index (χ1n) is 4.36. The highest BCUT2D eigenvalue weighted by molar-refractivity contribution is 7.99. The molecule has 1 aromatic carbocycles. The zero-order valence-corrected chi connectivity index (χ0v) is 9.16. The summed E-state index contributed by atoms with van der Waals surface area (Å²) in [7, 11) is 2.14. The van der Waals surface area contributed by atoms with Crippen molar-refractivity contribution < 1.29 is 0 Å². The van der Waals surface area contributed by atoms with E-state index >= 15 is 0 Å². The average molecular weight is 214 g/mol. The molecule has 0 saturated heterocycles. The smallest absolute Gasteiger partial charge is 0.0462 e. The lowest BCUT2D eigenvalue weighted by atomic mass is 10.2. The largest absolute Gasteiger partial charge is 0.301 e. The van der Waals surface area contributed by atoms with E-state index in [-0.39, 0.29) is 0 Å². The summed E-state index contributed by atoms with van der Waals surface area (Å²) < 4.78 is 0. The Hall–Kier alpha value is -0.180. The zero-order valence-electron chi connectivity index (χ0n) is 7.59. The molecule has 1 aromatic rings. The number of thioether (sulfide) groups is 1. The number of hydrogen-bond acceptors (Lipinski definition) is 2. The van der Waals surface area contributed by atoms with Crippen molar-refractivity contribution in [3.05, 3.63) is 28.8 Å². The van der Waals surface area contributed by atoms with Crippen molar-refractivity contribution in [3.63, 3.8) is 0 Å². The number of fused-ring (bicyclic) bond motifs is 1. The summed E-state index contributed by atoms with van der Waals surface area (Å²) in [6.07, 6.45) is 0. The Balaban J connectivity index is 2.40. The van der Waals surface area contributed by atoms with Crippen molar-refractivity contribution >= 4 is 23.4 Å². The van der Waals surface area contributed by atoms with Gasteiger partial charge in [0, 0.05) is 28.8 Å². The lowest BCUT2D eigenvalue weighted by Gasteiger charge is -2.13. The van der Waals surface area contributed by atoms with Gasteiger partial charge in [-0.2, -0.15) is 0 Å². The normalized spacial score (nSPS) is 18.0. The summed E-state index contributed by atoms with van der Waals surface area (Å²) in [4.78, 5) is 3.65. The van der Waals surface area contributed by atoms with E-state index < -0.39 is 0 Å². The van der Waals surface area contributed by atoms with E-state index in [0.717, 1.165) is 23.9 Å². The summed E-state index contributed by atoms with van der Waals surface area (Å²) in [5, 5.41) is 0.902. The van der Waals surface area contributed by atoms with Gasteiger partial charge in [0.25, 0.3) is 0 Å². The molecule has 1 nitrogen and oxygen atoms in total. The van der Waals surface area contributed by atoms with Gasteiger partial charge in [0.1, 0.15) is 0 Å². The highest BCUT2D eigenvalue weighted by Crippen LogP contribution is 2.31. The summed E-state index contributed by atoms with van der Waals surface area (Å²) >= 11 is 8.04. The Morgan fingerprint density at radius 3 is 3.15 bits per heavy atom. The van der Waals surface area contributed by atoms with Crippen LogP contribution in [0.3, 0.4) is 0 Å². The molecule has 0 amide bonds. The standard InChI is InChI=1S/C10H12ClNS/c1-12-5-6-13-10-4-2-3-9(11)8(10)7-12/h2-4H,5-7H2,1H3. The topological polar surface area (TPSA) is 3.24 Å². The first kappa shape index (κ1) is 9.38. The van der Waals surface area contributed by atoms with Gasteiger partial charge in [0.15, 0.2) is 0 Å². The molecule has 0 atom stereocenters. The molecule has 0 radical (unpaired) electrons. The number of benzene rings is 1. The molecule has 0 aromatic heterocycles. The van der Waals surface area contributed by atoms with Gasteiger partial charge in [-0.15, -0.1) is 11.8 Å². The molecule has 0 bridgehead atoms. The van der Waals surface area contributed by atoms with E-state index in [0.29, 0.717) is 0 Å². The molecule has 0 spiro atoms. The molecule has 13 heavy (non-hydrogen) atoms. The van der Waals surface area contributed by atoms with Crippen LogP contribution in [0.5, 0.6) is 0 Å². The zero-order chi connectivity index (χ0) is 9.26. The fourth-order valence-corrected chi connectivity index (χ4v) is 2.92. The van der Waals surface area contributed by atoms with Gasteiger partial charge in [-0.05, 0) is 24.7 Å². The van der Waals surface area contributed by atoms with Crippen LogP contribution in [0.2, 0.25) is 5.02 Å². The van der Waals surface area contributed by atoms with Gasteiger partial charge < -0.3 is 4.90 Å². The Labute approximate surface area is 88.1 Å². The minimum absolute atomic E-state index is 0.902. The highest BCUT2D eigenvalue weighted by atomic mass is 35.5. The molecule has 1 heterocycles. The van der Waals surface area contributed by atoms with E-state index in [1.165, 1.54) is 10.5 Å². The van der Waals surface area contributed by atoms with Gasteiger partial charge in [-0.1, -0.05) is 17.7 Å². The van der Waals surface area contributed by atoms with Gasteiger partial charge in [0.05, 0.1) is 0 Å². The molecule has 2 rings (SSSR count).